The monoisotopic (exact) mass is 326 g/mol. The fourth-order valence-corrected chi connectivity index (χ4v) is 2.24. The third-order valence-electron chi connectivity index (χ3n) is 3.24. The molecule has 0 aliphatic carbocycles. The number of ether oxygens (including phenoxy) is 1. The molecule has 12 heteroatoms. The first-order valence-electron chi connectivity index (χ1n) is 6.33. The van der Waals surface area contributed by atoms with Crippen molar-refractivity contribution >= 4 is 23.2 Å². The van der Waals surface area contributed by atoms with Gasteiger partial charge in [-0.05, 0) is 0 Å². The number of hydrogen-bond acceptors (Lipinski definition) is 10. The fourth-order valence-electron chi connectivity index (χ4n) is 2.24. The number of fused-ring (bicyclic) bond motifs is 1. The van der Waals surface area contributed by atoms with E-state index in [2.05, 4.69) is 15.0 Å². The number of aliphatic hydroxyl groups excluding tert-OH is 3. The van der Waals surface area contributed by atoms with Crippen LogP contribution in [0.2, 0.25) is 0 Å². The van der Waals surface area contributed by atoms with Crippen LogP contribution in [0.1, 0.15) is 6.23 Å². The molecule has 1 saturated heterocycles. The van der Waals surface area contributed by atoms with Crippen molar-refractivity contribution in [3.05, 3.63) is 16.7 Å². The average molecular weight is 326 g/mol. The van der Waals surface area contributed by atoms with Gasteiger partial charge in [-0.3, -0.25) is 14.3 Å². The summed E-state index contributed by atoms with van der Waals surface area (Å²) in [6.07, 6.45) is -2.46. The fraction of sp³-hybridized carbons (Fsp3) is 0.455. The van der Waals surface area contributed by atoms with Crippen molar-refractivity contribution in [3.63, 3.8) is 0 Å². The molecule has 1 fully saturated rings. The summed E-state index contributed by atoms with van der Waals surface area (Å²) in [6, 6.07) is 0. The molecule has 23 heavy (non-hydrogen) atoms. The molecule has 0 amide bonds. The Kier molecular flexibility index (Phi) is 4.83. The number of imidazole rings is 1. The summed E-state index contributed by atoms with van der Waals surface area (Å²) in [4.78, 5) is 30.1. The summed E-state index contributed by atoms with van der Waals surface area (Å²) in [5, 5.41) is 34.1. The minimum atomic E-state index is -1.29. The topological polar surface area (TPSA) is 200 Å². The maximum absolute atomic E-state index is 11.7. The number of H-pyrrole nitrogens is 1. The number of nitrogens with zero attached hydrogens (tertiary/aromatic N) is 3. The lowest BCUT2D eigenvalue weighted by molar-refractivity contribution is -0.0511. The van der Waals surface area contributed by atoms with Gasteiger partial charge in [0.15, 0.2) is 17.4 Å². The number of anilines is 1. The molecular weight excluding hydrogens is 312 g/mol. The molecule has 3 heterocycles. The number of nitrogens with one attached hydrogen (secondary N) is 2. The van der Waals surface area contributed by atoms with Crippen molar-refractivity contribution < 1.29 is 24.9 Å². The van der Waals surface area contributed by atoms with Crippen molar-refractivity contribution in [2.45, 2.75) is 24.5 Å². The van der Waals surface area contributed by atoms with Crippen LogP contribution in [-0.2, 0) is 9.53 Å². The quantitative estimate of drug-likeness (QED) is 0.249. The second kappa shape index (κ2) is 6.64. The van der Waals surface area contributed by atoms with Gasteiger partial charge in [-0.25, -0.2) is 15.2 Å². The molecule has 0 aromatic carbocycles. The summed E-state index contributed by atoms with van der Waals surface area (Å²) in [5.74, 6) is -0.101. The van der Waals surface area contributed by atoms with Gasteiger partial charge in [-0.2, -0.15) is 4.98 Å². The van der Waals surface area contributed by atoms with Gasteiger partial charge < -0.3 is 25.8 Å². The number of aromatic nitrogens is 4. The normalized spacial score (nSPS) is 26.6. The first-order valence-corrected chi connectivity index (χ1v) is 6.33. The van der Waals surface area contributed by atoms with E-state index in [4.69, 9.17) is 25.8 Å². The zero-order valence-electron chi connectivity index (χ0n) is 11.6. The molecule has 0 bridgehead atoms. The molecule has 0 unspecified atom stereocenters. The van der Waals surface area contributed by atoms with Gasteiger partial charge in [-0.1, -0.05) is 0 Å². The summed E-state index contributed by atoms with van der Waals surface area (Å²) < 4.78 is 6.64. The van der Waals surface area contributed by atoms with Gasteiger partial charge in [-0.15, -0.1) is 0 Å². The summed E-state index contributed by atoms with van der Waals surface area (Å²) >= 11 is 0. The Morgan fingerprint density at radius 2 is 2.13 bits per heavy atom. The second-order valence-corrected chi connectivity index (χ2v) is 4.61. The Labute approximate surface area is 127 Å². The van der Waals surface area contributed by atoms with Crippen LogP contribution < -0.4 is 11.3 Å². The smallest absolute Gasteiger partial charge is 0.280 e. The molecule has 12 nitrogen and oxygen atoms in total. The highest BCUT2D eigenvalue weighted by Gasteiger charge is 2.44. The van der Waals surface area contributed by atoms with Crippen LogP contribution in [0.25, 0.3) is 11.2 Å². The summed E-state index contributed by atoms with van der Waals surface area (Å²) in [7, 11) is 0. The first kappa shape index (κ1) is 16.7. The lowest BCUT2D eigenvalue weighted by Crippen LogP contribution is -2.33. The molecule has 0 radical (unpaired) electrons. The van der Waals surface area contributed by atoms with E-state index in [0.717, 1.165) is 6.08 Å². The Morgan fingerprint density at radius 1 is 1.48 bits per heavy atom. The van der Waals surface area contributed by atoms with E-state index >= 15 is 0 Å². The third-order valence-corrected chi connectivity index (χ3v) is 3.24. The van der Waals surface area contributed by atoms with E-state index in [-0.39, 0.29) is 17.1 Å². The molecule has 1 aliphatic heterocycles. The van der Waals surface area contributed by atoms with E-state index in [0.29, 0.717) is 0 Å². The van der Waals surface area contributed by atoms with Gasteiger partial charge in [0.1, 0.15) is 18.3 Å². The van der Waals surface area contributed by atoms with Gasteiger partial charge in [0.2, 0.25) is 12.0 Å². The molecule has 124 valence electrons. The van der Waals surface area contributed by atoms with Gasteiger partial charge in [0.25, 0.3) is 5.56 Å². The van der Waals surface area contributed by atoms with Crippen LogP contribution in [-0.4, -0.2) is 65.8 Å². The number of aliphatic hydroxyl groups is 3. The number of rotatable bonds is 2. The van der Waals surface area contributed by atoms with Crippen LogP contribution in [0.5, 0.6) is 0 Å². The summed E-state index contributed by atoms with van der Waals surface area (Å²) in [6.45, 7) is -0.447. The van der Waals surface area contributed by atoms with E-state index in [1.165, 1.54) is 10.9 Å². The second-order valence-electron chi connectivity index (χ2n) is 4.61. The van der Waals surface area contributed by atoms with Crippen molar-refractivity contribution in [2.24, 2.45) is 0 Å². The zero-order chi connectivity index (χ0) is 17.1. The van der Waals surface area contributed by atoms with Gasteiger partial charge in [0.05, 0.1) is 12.9 Å². The number of hydrogen-bond donors (Lipinski definition) is 6. The largest absolute Gasteiger partial charge is 0.394 e. The molecule has 7 N–H and O–H groups in total. The Hall–Kier alpha value is -2.63. The highest BCUT2D eigenvalue weighted by atomic mass is 16.6. The predicted molar refractivity (Wildman–Crippen MR) is 74.0 cm³/mol. The van der Waals surface area contributed by atoms with E-state index in [9.17, 15) is 15.0 Å². The van der Waals surface area contributed by atoms with E-state index in [1.807, 2.05) is 0 Å². The number of carbonyl (C=O) groups excluding carboxylic acids is 1. The van der Waals surface area contributed by atoms with Crippen LogP contribution in [0.15, 0.2) is 11.1 Å². The van der Waals surface area contributed by atoms with Crippen molar-refractivity contribution in [2.75, 3.05) is 12.3 Å². The van der Waals surface area contributed by atoms with E-state index in [1.54, 1.807) is 0 Å². The molecule has 0 saturated carbocycles. The molecule has 3 rings (SSSR count). The highest BCUT2D eigenvalue weighted by molar-refractivity contribution is 5.70. The molecule has 2 aromatic heterocycles. The zero-order valence-corrected chi connectivity index (χ0v) is 11.6. The minimum Gasteiger partial charge on any atom is -0.394 e. The van der Waals surface area contributed by atoms with Crippen LogP contribution in [0.4, 0.5) is 5.95 Å². The third kappa shape index (κ3) is 2.97. The first-order chi connectivity index (χ1) is 10.9. The van der Waals surface area contributed by atoms with Crippen LogP contribution >= 0.6 is 0 Å². The number of nitrogens with two attached hydrogens (primary N) is 1. The molecule has 1 aliphatic rings. The van der Waals surface area contributed by atoms with Gasteiger partial charge >= 0.3 is 0 Å². The Morgan fingerprint density at radius 3 is 2.70 bits per heavy atom. The predicted octanol–water partition coefficient (Wildman–Crippen LogP) is -2.79. The average Bonchev–Trinajstić information content (AvgIpc) is 3.03. The highest BCUT2D eigenvalue weighted by Crippen LogP contribution is 2.30. The van der Waals surface area contributed by atoms with Crippen molar-refractivity contribution in [3.8, 4) is 0 Å². The van der Waals surface area contributed by atoms with Crippen LogP contribution in [0.3, 0.4) is 0 Å². The molecule has 4 atom stereocenters. The van der Waals surface area contributed by atoms with Crippen molar-refractivity contribution in [1.29, 1.82) is 5.41 Å². The number of isocyanates is 1. The molecular formula is C11H14N6O6. The lowest BCUT2D eigenvalue weighted by atomic mass is 10.1. The Balaban J connectivity index is 0.000000595. The maximum atomic E-state index is 11.7. The molecule has 2 aromatic rings. The Bertz CT molecular complexity index is 781. The molecule has 0 spiro atoms. The van der Waals surface area contributed by atoms with Crippen molar-refractivity contribution in [1.82, 2.24) is 19.5 Å². The summed E-state index contributed by atoms with van der Waals surface area (Å²) in [5.41, 5.74) is 5.12. The number of aromatic amines is 1. The van der Waals surface area contributed by atoms with E-state index < -0.39 is 36.7 Å². The SMILES string of the molecule is N=C=O.Nc1nc2c(ncn2[C@@H]2O[C@H](CO)[C@@H](O)[C@H]2O)c(=O)[nH]1. The van der Waals surface area contributed by atoms with Crippen LogP contribution in [0, 0.1) is 5.41 Å². The maximum Gasteiger partial charge on any atom is 0.280 e. The van der Waals surface area contributed by atoms with Gasteiger partial charge in [0, 0.05) is 0 Å². The standard InChI is InChI=1S/C10H13N5O5.CHNO/c11-10-13-7-4(8(19)14-10)12-2-15(7)9-6(18)5(17)3(1-16)20-9;2-1-3/h2-3,5-6,9,16-18H,1H2,(H3,11,13,14,19);2H/t3-,5-,6-,9-;/m1./s1. The lowest BCUT2D eigenvalue weighted by Gasteiger charge is -2.16. The minimum absolute atomic E-state index is 0.0388. The number of nitrogen functional groups attached to an aromatic ring is 1.